The summed E-state index contributed by atoms with van der Waals surface area (Å²) in [5.41, 5.74) is -0.0486. The number of benzene rings is 1. The van der Waals surface area contributed by atoms with Gasteiger partial charge >= 0.3 is 0 Å². The second-order valence-corrected chi connectivity index (χ2v) is 6.91. The molecule has 0 saturated heterocycles. The molecule has 2 rings (SSSR count). The molecule has 2 N–H and O–H groups in total. The first-order chi connectivity index (χ1) is 8.17. The second-order valence-electron chi connectivity index (χ2n) is 4.63. The van der Waals surface area contributed by atoms with Gasteiger partial charge in [0.2, 0.25) is 0 Å². The molecule has 0 amide bonds. The molecule has 0 spiro atoms. The van der Waals surface area contributed by atoms with Crippen LogP contribution in [0.5, 0.6) is 0 Å². The Hall–Kier alpha value is -0.0300. The molecule has 1 aliphatic rings. The summed E-state index contributed by atoms with van der Waals surface area (Å²) in [4.78, 5) is 1.31. The van der Waals surface area contributed by atoms with Gasteiger partial charge in [-0.3, -0.25) is 0 Å². The zero-order valence-corrected chi connectivity index (χ0v) is 12.4. The van der Waals surface area contributed by atoms with Gasteiger partial charge in [-0.2, -0.15) is 0 Å². The molecule has 1 aliphatic carbocycles. The topological polar surface area (TPSA) is 32.3 Å². The average Bonchev–Trinajstić information content (AvgIpc) is 2.76. The van der Waals surface area contributed by atoms with E-state index in [1.165, 1.54) is 11.3 Å². The molecule has 1 aromatic rings. The monoisotopic (exact) mass is 315 g/mol. The van der Waals surface area contributed by atoms with Gasteiger partial charge in [-0.05, 0) is 50.6 Å². The largest absolute Gasteiger partial charge is 0.394 e. The van der Waals surface area contributed by atoms with E-state index in [2.05, 4.69) is 45.5 Å². The maximum Gasteiger partial charge on any atom is 0.0613 e. The molecule has 94 valence electrons. The van der Waals surface area contributed by atoms with Gasteiger partial charge in [0.15, 0.2) is 0 Å². The Morgan fingerprint density at radius 2 is 2.18 bits per heavy atom. The predicted octanol–water partition coefficient (Wildman–Crippen LogP) is 3.04. The lowest BCUT2D eigenvalue weighted by Crippen LogP contribution is -2.44. The van der Waals surface area contributed by atoms with Crippen molar-refractivity contribution in [2.45, 2.75) is 34.9 Å². The van der Waals surface area contributed by atoms with Crippen molar-refractivity contribution in [2.24, 2.45) is 0 Å². The summed E-state index contributed by atoms with van der Waals surface area (Å²) in [5.74, 6) is 0. The molecule has 1 aromatic carbocycles. The molecule has 2 atom stereocenters. The minimum Gasteiger partial charge on any atom is -0.394 e. The van der Waals surface area contributed by atoms with E-state index in [9.17, 15) is 5.11 Å². The van der Waals surface area contributed by atoms with Crippen LogP contribution in [0.2, 0.25) is 0 Å². The number of rotatable bonds is 4. The van der Waals surface area contributed by atoms with Gasteiger partial charge in [0, 0.05) is 20.2 Å². The lowest BCUT2D eigenvalue weighted by molar-refractivity contribution is 0.173. The third-order valence-electron chi connectivity index (χ3n) is 3.51. The van der Waals surface area contributed by atoms with Crippen LogP contribution in [0.15, 0.2) is 33.6 Å². The first-order valence-electron chi connectivity index (χ1n) is 5.89. The molecule has 0 radical (unpaired) electrons. The van der Waals surface area contributed by atoms with Crippen molar-refractivity contribution >= 4 is 27.7 Å². The van der Waals surface area contributed by atoms with Crippen LogP contribution in [0.3, 0.4) is 0 Å². The number of hydrogen-bond acceptors (Lipinski definition) is 3. The van der Waals surface area contributed by atoms with Crippen LogP contribution in [0.4, 0.5) is 0 Å². The van der Waals surface area contributed by atoms with Crippen molar-refractivity contribution < 1.29 is 5.11 Å². The second kappa shape index (κ2) is 5.74. The summed E-state index contributed by atoms with van der Waals surface area (Å²) < 4.78 is 1.12. The lowest BCUT2D eigenvalue weighted by atomic mass is 10.00. The molecule has 0 aromatic heterocycles. The molecule has 0 heterocycles. The van der Waals surface area contributed by atoms with Crippen molar-refractivity contribution in [3.05, 3.63) is 28.7 Å². The van der Waals surface area contributed by atoms with E-state index in [-0.39, 0.29) is 12.1 Å². The summed E-state index contributed by atoms with van der Waals surface area (Å²) in [7, 11) is 1.95. The minimum absolute atomic E-state index is 0.0486. The predicted molar refractivity (Wildman–Crippen MR) is 76.5 cm³/mol. The van der Waals surface area contributed by atoms with Gasteiger partial charge in [0.1, 0.15) is 0 Å². The highest BCUT2D eigenvalue weighted by atomic mass is 79.9. The first-order valence-corrected chi connectivity index (χ1v) is 7.57. The van der Waals surface area contributed by atoms with Crippen molar-refractivity contribution in [1.82, 2.24) is 5.32 Å². The van der Waals surface area contributed by atoms with E-state index in [1.54, 1.807) is 0 Å². The zero-order valence-electron chi connectivity index (χ0n) is 9.95. The van der Waals surface area contributed by atoms with Crippen LogP contribution in [-0.2, 0) is 0 Å². The van der Waals surface area contributed by atoms with Gasteiger partial charge < -0.3 is 10.4 Å². The van der Waals surface area contributed by atoms with Gasteiger partial charge in [0.25, 0.3) is 0 Å². The van der Waals surface area contributed by atoms with E-state index in [4.69, 9.17) is 0 Å². The summed E-state index contributed by atoms with van der Waals surface area (Å²) >= 11 is 5.37. The van der Waals surface area contributed by atoms with Gasteiger partial charge in [-0.15, -0.1) is 11.8 Å². The Kier molecular flexibility index (Phi) is 4.53. The molecule has 17 heavy (non-hydrogen) atoms. The van der Waals surface area contributed by atoms with Crippen molar-refractivity contribution in [3.8, 4) is 0 Å². The highest BCUT2D eigenvalue weighted by Crippen LogP contribution is 2.40. The molecule has 2 nitrogen and oxygen atoms in total. The highest BCUT2D eigenvalue weighted by Gasteiger charge is 2.37. The molecular formula is C13H18BrNOS. The van der Waals surface area contributed by atoms with Crippen LogP contribution in [0.25, 0.3) is 0 Å². The number of aliphatic hydroxyl groups excluding tert-OH is 1. The lowest BCUT2D eigenvalue weighted by Gasteiger charge is -2.26. The standard InChI is InChI=1S/C13H18BrNOS/c1-15-13(9-16)7-6-12(8-13)17-11-4-2-10(14)3-5-11/h2-5,12,15-16H,6-9H2,1H3. The smallest absolute Gasteiger partial charge is 0.0613 e. The summed E-state index contributed by atoms with van der Waals surface area (Å²) in [6, 6.07) is 8.45. The molecule has 1 saturated carbocycles. The zero-order chi connectivity index (χ0) is 12.3. The molecule has 2 unspecified atom stereocenters. The molecule has 4 heteroatoms. The van der Waals surface area contributed by atoms with Crippen molar-refractivity contribution in [3.63, 3.8) is 0 Å². The highest BCUT2D eigenvalue weighted by molar-refractivity contribution is 9.10. The van der Waals surface area contributed by atoms with Crippen molar-refractivity contribution in [1.29, 1.82) is 0 Å². The fraction of sp³-hybridized carbons (Fsp3) is 0.538. The van der Waals surface area contributed by atoms with Gasteiger partial charge in [-0.1, -0.05) is 15.9 Å². The molecule has 0 bridgehead atoms. The molecule has 0 aliphatic heterocycles. The van der Waals surface area contributed by atoms with Crippen molar-refractivity contribution in [2.75, 3.05) is 13.7 Å². The Bertz CT molecular complexity index is 364. The van der Waals surface area contributed by atoms with Crippen LogP contribution < -0.4 is 5.32 Å². The van der Waals surface area contributed by atoms with Crippen LogP contribution in [-0.4, -0.2) is 29.5 Å². The first kappa shape index (κ1) is 13.4. The summed E-state index contributed by atoms with van der Waals surface area (Å²) in [5, 5.41) is 13.3. The Labute approximate surface area is 115 Å². The number of nitrogens with one attached hydrogen (secondary N) is 1. The van der Waals surface area contributed by atoms with E-state index in [1.807, 2.05) is 18.8 Å². The Morgan fingerprint density at radius 1 is 1.47 bits per heavy atom. The van der Waals surface area contributed by atoms with E-state index in [0.717, 1.165) is 17.3 Å². The maximum absolute atomic E-state index is 9.46. The van der Waals surface area contributed by atoms with E-state index < -0.39 is 0 Å². The number of aliphatic hydroxyl groups is 1. The minimum atomic E-state index is -0.0486. The van der Waals surface area contributed by atoms with E-state index in [0.29, 0.717) is 5.25 Å². The normalized spacial score (nSPS) is 28.5. The fourth-order valence-corrected chi connectivity index (χ4v) is 3.91. The SMILES string of the molecule is CNC1(CO)CCC(Sc2ccc(Br)cc2)C1. The van der Waals surface area contributed by atoms with Crippen LogP contribution in [0.1, 0.15) is 19.3 Å². The fourth-order valence-electron chi connectivity index (χ4n) is 2.33. The Balaban J connectivity index is 1.95. The number of halogens is 1. The maximum atomic E-state index is 9.46. The Morgan fingerprint density at radius 3 is 2.71 bits per heavy atom. The quantitative estimate of drug-likeness (QED) is 0.895. The number of hydrogen-bond donors (Lipinski definition) is 2. The van der Waals surface area contributed by atoms with Crippen LogP contribution >= 0.6 is 27.7 Å². The average molecular weight is 316 g/mol. The van der Waals surface area contributed by atoms with Crippen LogP contribution in [0, 0.1) is 0 Å². The van der Waals surface area contributed by atoms with Gasteiger partial charge in [-0.25, -0.2) is 0 Å². The molecular weight excluding hydrogens is 298 g/mol. The number of likely N-dealkylation sites (N-methyl/N-ethyl adjacent to an activating group) is 1. The third kappa shape index (κ3) is 3.25. The van der Waals surface area contributed by atoms with Gasteiger partial charge in [0.05, 0.1) is 6.61 Å². The van der Waals surface area contributed by atoms with E-state index >= 15 is 0 Å². The molecule has 1 fully saturated rings. The summed E-state index contributed by atoms with van der Waals surface area (Å²) in [6.07, 6.45) is 3.27. The number of thioether (sulfide) groups is 1. The summed E-state index contributed by atoms with van der Waals surface area (Å²) in [6.45, 7) is 0.237. The third-order valence-corrected chi connectivity index (χ3v) is 5.32.